The number of anilines is 1. The summed E-state index contributed by atoms with van der Waals surface area (Å²) in [7, 11) is 1.35. The second-order valence-electron chi connectivity index (χ2n) is 3.97. The Labute approximate surface area is 108 Å². The minimum Gasteiger partial charge on any atom is -0.465 e. The van der Waals surface area contributed by atoms with Gasteiger partial charge in [-0.25, -0.2) is 9.78 Å². The molecular weight excluding hydrogens is 228 g/mol. The average Bonchev–Trinajstić information content (AvgIpc) is 2.37. The number of esters is 1. The zero-order valence-corrected chi connectivity index (χ0v) is 11.0. The van der Waals surface area contributed by atoms with Crippen LogP contribution in [0.4, 0.5) is 5.82 Å². The van der Waals surface area contributed by atoms with Gasteiger partial charge >= 0.3 is 5.97 Å². The van der Waals surface area contributed by atoms with Gasteiger partial charge in [0.1, 0.15) is 5.82 Å². The van der Waals surface area contributed by atoms with E-state index in [1.165, 1.54) is 7.11 Å². The summed E-state index contributed by atoms with van der Waals surface area (Å²) in [4.78, 5) is 15.7. The number of nitrogens with zero attached hydrogens (tertiary/aromatic N) is 1. The van der Waals surface area contributed by atoms with Crippen molar-refractivity contribution < 1.29 is 9.53 Å². The SMILES string of the molecule is C#CC(CCC)Nc1ccc(C(=O)OC)c(C)n1. The van der Waals surface area contributed by atoms with Gasteiger partial charge in [-0.15, -0.1) is 6.42 Å². The molecule has 4 nitrogen and oxygen atoms in total. The second kappa shape index (κ2) is 6.65. The fraction of sp³-hybridized carbons (Fsp3) is 0.429. The number of methoxy groups -OCH3 is 1. The number of hydrogen-bond donors (Lipinski definition) is 1. The molecule has 0 radical (unpaired) electrons. The molecule has 1 heterocycles. The van der Waals surface area contributed by atoms with E-state index >= 15 is 0 Å². The predicted octanol–water partition coefficient (Wildman–Crippen LogP) is 2.39. The number of terminal acetylenes is 1. The number of ether oxygens (including phenoxy) is 1. The first-order valence-corrected chi connectivity index (χ1v) is 5.91. The van der Waals surface area contributed by atoms with E-state index in [-0.39, 0.29) is 12.0 Å². The molecule has 0 fully saturated rings. The standard InChI is InChI=1S/C14H18N2O2/c1-5-7-11(6-2)16-13-9-8-12(10(3)15-13)14(17)18-4/h2,8-9,11H,5,7H2,1,3-4H3,(H,15,16). The van der Waals surface area contributed by atoms with Crippen LogP contribution in [-0.2, 0) is 4.74 Å². The Morgan fingerprint density at radius 3 is 2.83 bits per heavy atom. The minimum absolute atomic E-state index is 0.0362. The summed E-state index contributed by atoms with van der Waals surface area (Å²) in [5.74, 6) is 2.97. The number of pyridine rings is 1. The van der Waals surface area contributed by atoms with Gasteiger partial charge in [-0.3, -0.25) is 0 Å². The molecule has 0 aliphatic carbocycles. The Balaban J connectivity index is 2.85. The molecule has 1 aromatic heterocycles. The molecule has 0 saturated heterocycles. The molecule has 1 atom stereocenters. The predicted molar refractivity (Wildman–Crippen MR) is 71.5 cm³/mol. The van der Waals surface area contributed by atoms with E-state index in [1.54, 1.807) is 19.1 Å². The van der Waals surface area contributed by atoms with Gasteiger partial charge in [0.15, 0.2) is 0 Å². The third kappa shape index (κ3) is 3.49. The summed E-state index contributed by atoms with van der Waals surface area (Å²) in [5.41, 5.74) is 1.09. The quantitative estimate of drug-likeness (QED) is 0.640. The maximum absolute atomic E-state index is 11.4. The maximum Gasteiger partial charge on any atom is 0.339 e. The van der Waals surface area contributed by atoms with Crippen LogP contribution in [-0.4, -0.2) is 24.1 Å². The molecule has 1 N–H and O–H groups in total. The highest BCUT2D eigenvalue weighted by atomic mass is 16.5. The van der Waals surface area contributed by atoms with Gasteiger partial charge in [0.05, 0.1) is 24.4 Å². The fourth-order valence-electron chi connectivity index (χ4n) is 1.63. The molecule has 1 unspecified atom stereocenters. The van der Waals surface area contributed by atoms with Crippen molar-refractivity contribution in [1.82, 2.24) is 4.98 Å². The van der Waals surface area contributed by atoms with Crippen LogP contribution in [0.25, 0.3) is 0 Å². The van der Waals surface area contributed by atoms with Crippen molar-refractivity contribution >= 4 is 11.8 Å². The van der Waals surface area contributed by atoms with Crippen LogP contribution in [0.3, 0.4) is 0 Å². The third-order valence-electron chi connectivity index (χ3n) is 2.59. The molecule has 96 valence electrons. The minimum atomic E-state index is -0.381. The Morgan fingerprint density at radius 2 is 2.33 bits per heavy atom. The molecule has 4 heteroatoms. The van der Waals surface area contributed by atoms with Crippen LogP contribution >= 0.6 is 0 Å². The van der Waals surface area contributed by atoms with E-state index in [9.17, 15) is 4.79 Å². The van der Waals surface area contributed by atoms with Crippen LogP contribution in [0, 0.1) is 19.3 Å². The summed E-state index contributed by atoms with van der Waals surface area (Å²) in [6.07, 6.45) is 7.32. The molecule has 0 amide bonds. The highest BCUT2D eigenvalue weighted by molar-refractivity contribution is 5.90. The first-order valence-electron chi connectivity index (χ1n) is 5.91. The van der Waals surface area contributed by atoms with Crippen LogP contribution in [0.2, 0.25) is 0 Å². The Bertz CT molecular complexity index is 463. The molecule has 0 spiro atoms. The lowest BCUT2D eigenvalue weighted by molar-refractivity contribution is 0.0599. The Morgan fingerprint density at radius 1 is 1.61 bits per heavy atom. The number of nitrogens with one attached hydrogen (secondary N) is 1. The van der Waals surface area contributed by atoms with Crippen LogP contribution in [0.15, 0.2) is 12.1 Å². The molecule has 1 rings (SSSR count). The molecule has 0 aliphatic rings. The van der Waals surface area contributed by atoms with E-state index in [0.29, 0.717) is 17.1 Å². The van der Waals surface area contributed by atoms with E-state index < -0.39 is 0 Å². The van der Waals surface area contributed by atoms with E-state index in [1.807, 2.05) is 0 Å². The average molecular weight is 246 g/mol. The number of aryl methyl sites for hydroxylation is 1. The Hall–Kier alpha value is -2.02. The first-order chi connectivity index (χ1) is 8.62. The van der Waals surface area contributed by atoms with Crippen molar-refractivity contribution in [2.24, 2.45) is 0 Å². The second-order valence-corrected chi connectivity index (χ2v) is 3.97. The number of carbonyl (C=O) groups is 1. The smallest absolute Gasteiger partial charge is 0.339 e. The van der Waals surface area contributed by atoms with E-state index in [2.05, 4.69) is 27.9 Å². The normalized spacial score (nSPS) is 11.4. The zero-order chi connectivity index (χ0) is 13.5. The van der Waals surface area contributed by atoms with Crippen molar-refractivity contribution in [2.75, 3.05) is 12.4 Å². The van der Waals surface area contributed by atoms with Crippen molar-refractivity contribution in [3.63, 3.8) is 0 Å². The van der Waals surface area contributed by atoms with Crippen LogP contribution in [0.5, 0.6) is 0 Å². The molecule has 0 bridgehead atoms. The summed E-state index contributed by atoms with van der Waals surface area (Å²) in [6, 6.07) is 3.39. The third-order valence-corrected chi connectivity index (χ3v) is 2.59. The number of aromatic nitrogens is 1. The van der Waals surface area contributed by atoms with Gasteiger partial charge in [0.25, 0.3) is 0 Å². The van der Waals surface area contributed by atoms with Crippen molar-refractivity contribution in [3.05, 3.63) is 23.4 Å². The molecular formula is C14H18N2O2. The molecule has 1 aromatic rings. The van der Waals surface area contributed by atoms with Gasteiger partial charge in [0, 0.05) is 0 Å². The van der Waals surface area contributed by atoms with Gasteiger partial charge in [0.2, 0.25) is 0 Å². The Kier molecular flexibility index (Phi) is 5.19. The summed E-state index contributed by atoms with van der Waals surface area (Å²) in [5, 5.41) is 3.16. The lowest BCUT2D eigenvalue weighted by Gasteiger charge is -2.13. The lowest BCUT2D eigenvalue weighted by Crippen LogP contribution is -2.18. The molecule has 18 heavy (non-hydrogen) atoms. The number of carbonyl (C=O) groups excluding carboxylic acids is 1. The van der Waals surface area contributed by atoms with E-state index in [0.717, 1.165) is 12.8 Å². The maximum atomic E-state index is 11.4. The first kappa shape index (κ1) is 14.0. The number of rotatable bonds is 5. The van der Waals surface area contributed by atoms with Gasteiger partial charge in [-0.05, 0) is 25.5 Å². The molecule has 0 aliphatic heterocycles. The highest BCUT2D eigenvalue weighted by Gasteiger charge is 2.11. The van der Waals surface area contributed by atoms with Crippen LogP contribution in [0.1, 0.15) is 35.8 Å². The van der Waals surface area contributed by atoms with Crippen molar-refractivity contribution in [1.29, 1.82) is 0 Å². The fourth-order valence-corrected chi connectivity index (χ4v) is 1.63. The van der Waals surface area contributed by atoms with Gasteiger partial charge in [-0.2, -0.15) is 0 Å². The zero-order valence-electron chi connectivity index (χ0n) is 11.0. The van der Waals surface area contributed by atoms with Crippen LogP contribution < -0.4 is 5.32 Å². The summed E-state index contributed by atoms with van der Waals surface area (Å²) < 4.78 is 4.67. The van der Waals surface area contributed by atoms with Gasteiger partial charge in [-0.1, -0.05) is 19.3 Å². The largest absolute Gasteiger partial charge is 0.465 e. The van der Waals surface area contributed by atoms with Crippen molar-refractivity contribution in [2.45, 2.75) is 32.7 Å². The summed E-state index contributed by atoms with van der Waals surface area (Å²) in [6.45, 7) is 3.84. The molecule has 0 saturated carbocycles. The lowest BCUT2D eigenvalue weighted by atomic mass is 10.1. The highest BCUT2D eigenvalue weighted by Crippen LogP contribution is 2.13. The monoisotopic (exact) mass is 246 g/mol. The topological polar surface area (TPSA) is 51.2 Å². The van der Waals surface area contributed by atoms with E-state index in [4.69, 9.17) is 6.42 Å². The van der Waals surface area contributed by atoms with Crippen molar-refractivity contribution in [3.8, 4) is 12.3 Å². The summed E-state index contributed by atoms with van der Waals surface area (Å²) >= 11 is 0. The molecule has 0 aromatic carbocycles. The van der Waals surface area contributed by atoms with Gasteiger partial charge < -0.3 is 10.1 Å². The number of hydrogen-bond acceptors (Lipinski definition) is 4.